The Labute approximate surface area is 96.2 Å². The first-order chi connectivity index (χ1) is 8.08. The third kappa shape index (κ3) is 2.22. The second-order valence-electron chi connectivity index (χ2n) is 3.57. The lowest BCUT2D eigenvalue weighted by molar-refractivity contribution is -0.384. The molecule has 1 heterocycles. The van der Waals surface area contributed by atoms with Gasteiger partial charge in [-0.15, -0.1) is 0 Å². The van der Waals surface area contributed by atoms with E-state index >= 15 is 0 Å². The molecule has 1 saturated heterocycles. The van der Waals surface area contributed by atoms with Gasteiger partial charge in [0.25, 0.3) is 5.69 Å². The maximum Gasteiger partial charge on any atom is 0.324 e. The van der Waals surface area contributed by atoms with Crippen LogP contribution in [-0.2, 0) is 11.3 Å². The molecular weight excluding hydrogens is 226 g/mol. The van der Waals surface area contributed by atoms with Crippen LogP contribution in [0, 0.1) is 10.1 Å². The molecule has 88 valence electrons. The van der Waals surface area contributed by atoms with Crippen LogP contribution in [0.5, 0.6) is 0 Å². The zero-order chi connectivity index (χ0) is 12.4. The summed E-state index contributed by atoms with van der Waals surface area (Å²) >= 11 is 0. The highest BCUT2D eigenvalue weighted by Crippen LogP contribution is 2.15. The Morgan fingerprint density at radius 2 is 2.18 bits per heavy atom. The molecule has 0 atom stereocenters. The molecule has 0 saturated carbocycles. The van der Waals surface area contributed by atoms with E-state index in [0.717, 1.165) is 4.90 Å². The summed E-state index contributed by atoms with van der Waals surface area (Å²) in [5.41, 5.74) is 0.485. The highest BCUT2D eigenvalue weighted by atomic mass is 16.6. The molecule has 3 amide bonds. The van der Waals surface area contributed by atoms with Gasteiger partial charge in [-0.25, -0.2) is 4.79 Å². The lowest BCUT2D eigenvalue weighted by Gasteiger charge is -2.11. The lowest BCUT2D eigenvalue weighted by atomic mass is 10.2. The summed E-state index contributed by atoms with van der Waals surface area (Å²) < 4.78 is 0. The normalized spacial score (nSPS) is 14.9. The Morgan fingerprint density at radius 1 is 1.41 bits per heavy atom. The fourth-order valence-electron chi connectivity index (χ4n) is 1.57. The second-order valence-corrected chi connectivity index (χ2v) is 3.57. The summed E-state index contributed by atoms with van der Waals surface area (Å²) in [6.07, 6.45) is 0. The van der Waals surface area contributed by atoms with Gasteiger partial charge in [-0.1, -0.05) is 12.1 Å². The van der Waals surface area contributed by atoms with Crippen molar-refractivity contribution in [1.82, 2.24) is 10.2 Å². The zero-order valence-electron chi connectivity index (χ0n) is 8.75. The van der Waals surface area contributed by atoms with Crippen LogP contribution in [0.2, 0.25) is 0 Å². The number of nitrogens with zero attached hydrogens (tertiary/aromatic N) is 2. The molecule has 1 aromatic carbocycles. The molecule has 7 heteroatoms. The molecule has 1 N–H and O–H groups in total. The number of carbonyl (C=O) groups excluding carboxylic acids is 2. The first-order valence-electron chi connectivity index (χ1n) is 4.89. The number of hydrogen-bond donors (Lipinski definition) is 1. The van der Waals surface area contributed by atoms with E-state index in [-0.39, 0.29) is 24.7 Å². The monoisotopic (exact) mass is 235 g/mol. The smallest absolute Gasteiger partial charge is 0.324 e. The van der Waals surface area contributed by atoms with Gasteiger partial charge in [0.2, 0.25) is 5.91 Å². The molecule has 0 aliphatic carbocycles. The number of imide groups is 1. The van der Waals surface area contributed by atoms with Crippen molar-refractivity contribution in [1.29, 1.82) is 0 Å². The topological polar surface area (TPSA) is 92.6 Å². The molecule has 7 nitrogen and oxygen atoms in total. The third-order valence-electron chi connectivity index (χ3n) is 2.40. The predicted molar refractivity (Wildman–Crippen MR) is 57.0 cm³/mol. The highest BCUT2D eigenvalue weighted by Gasteiger charge is 2.28. The highest BCUT2D eigenvalue weighted by molar-refractivity contribution is 6.01. The van der Waals surface area contributed by atoms with Gasteiger partial charge in [-0.3, -0.25) is 19.8 Å². The number of non-ortho nitro benzene ring substituents is 1. The van der Waals surface area contributed by atoms with E-state index in [4.69, 9.17) is 0 Å². The summed E-state index contributed by atoms with van der Waals surface area (Å²) in [5.74, 6) is -0.332. The van der Waals surface area contributed by atoms with Gasteiger partial charge in [0, 0.05) is 12.1 Å². The fourth-order valence-corrected chi connectivity index (χ4v) is 1.57. The molecule has 0 unspecified atom stereocenters. The average molecular weight is 235 g/mol. The number of amides is 3. The van der Waals surface area contributed by atoms with Crippen LogP contribution < -0.4 is 5.32 Å². The molecule has 1 aliphatic rings. The van der Waals surface area contributed by atoms with Crippen molar-refractivity contribution in [2.75, 3.05) is 6.54 Å². The van der Waals surface area contributed by atoms with Crippen LogP contribution in [0.3, 0.4) is 0 Å². The van der Waals surface area contributed by atoms with Gasteiger partial charge in [-0.05, 0) is 5.56 Å². The first kappa shape index (κ1) is 11.1. The first-order valence-corrected chi connectivity index (χ1v) is 4.89. The Balaban J connectivity index is 2.18. The number of hydrogen-bond acceptors (Lipinski definition) is 4. The summed E-state index contributed by atoms with van der Waals surface area (Å²) in [6.45, 7) is 0.0279. The van der Waals surface area contributed by atoms with Crippen molar-refractivity contribution in [3.05, 3.63) is 39.9 Å². The largest absolute Gasteiger partial charge is 0.329 e. The van der Waals surface area contributed by atoms with E-state index in [1.807, 2.05) is 0 Å². The SMILES string of the molecule is O=C1CNC(=O)N1Cc1cccc([N+](=O)[O-])c1. The van der Waals surface area contributed by atoms with Crippen LogP contribution in [0.1, 0.15) is 5.56 Å². The van der Waals surface area contributed by atoms with Gasteiger partial charge in [-0.2, -0.15) is 0 Å². The van der Waals surface area contributed by atoms with Crippen molar-refractivity contribution in [2.24, 2.45) is 0 Å². The lowest BCUT2D eigenvalue weighted by Crippen LogP contribution is -2.30. The van der Waals surface area contributed by atoms with Crippen LogP contribution in [0.4, 0.5) is 10.5 Å². The van der Waals surface area contributed by atoms with Crippen molar-refractivity contribution >= 4 is 17.6 Å². The Hall–Kier alpha value is -2.44. The van der Waals surface area contributed by atoms with Crippen molar-refractivity contribution in [3.63, 3.8) is 0 Å². The van der Waals surface area contributed by atoms with Crippen molar-refractivity contribution in [2.45, 2.75) is 6.54 Å². The van der Waals surface area contributed by atoms with E-state index in [9.17, 15) is 19.7 Å². The average Bonchev–Trinajstić information content (AvgIpc) is 2.61. The quantitative estimate of drug-likeness (QED) is 0.473. The Bertz CT molecular complexity index is 484. The molecular formula is C10H9N3O4. The van der Waals surface area contributed by atoms with Gasteiger partial charge in [0.05, 0.1) is 18.0 Å². The van der Waals surface area contributed by atoms with E-state index in [2.05, 4.69) is 5.32 Å². The summed E-state index contributed by atoms with van der Waals surface area (Å²) in [5, 5.41) is 12.9. The van der Waals surface area contributed by atoms with Crippen LogP contribution in [-0.4, -0.2) is 28.3 Å². The van der Waals surface area contributed by atoms with Gasteiger partial charge in [0.15, 0.2) is 0 Å². The minimum atomic E-state index is -0.518. The van der Waals surface area contributed by atoms with Crippen LogP contribution in [0.15, 0.2) is 24.3 Å². The van der Waals surface area contributed by atoms with Gasteiger partial charge >= 0.3 is 6.03 Å². The van der Waals surface area contributed by atoms with Gasteiger partial charge in [0.1, 0.15) is 0 Å². The molecule has 1 aliphatic heterocycles. The number of rotatable bonds is 3. The molecule has 0 radical (unpaired) electrons. The maximum atomic E-state index is 11.3. The van der Waals surface area contributed by atoms with Crippen LogP contribution >= 0.6 is 0 Å². The molecule has 0 spiro atoms. The van der Waals surface area contributed by atoms with E-state index in [0.29, 0.717) is 5.56 Å². The molecule has 0 aromatic heterocycles. The number of nitro groups is 1. The number of nitrogens with one attached hydrogen (secondary N) is 1. The van der Waals surface area contributed by atoms with Crippen molar-refractivity contribution in [3.8, 4) is 0 Å². The number of urea groups is 1. The van der Waals surface area contributed by atoms with E-state index < -0.39 is 11.0 Å². The fraction of sp³-hybridized carbons (Fsp3) is 0.200. The molecule has 1 aromatic rings. The summed E-state index contributed by atoms with van der Waals surface area (Å²) in [7, 11) is 0. The third-order valence-corrected chi connectivity index (χ3v) is 2.40. The second kappa shape index (κ2) is 4.20. The molecule has 17 heavy (non-hydrogen) atoms. The number of carbonyl (C=O) groups is 2. The molecule has 0 bridgehead atoms. The Morgan fingerprint density at radius 3 is 2.76 bits per heavy atom. The van der Waals surface area contributed by atoms with Crippen molar-refractivity contribution < 1.29 is 14.5 Å². The zero-order valence-corrected chi connectivity index (χ0v) is 8.75. The van der Waals surface area contributed by atoms with Gasteiger partial charge < -0.3 is 5.32 Å². The van der Waals surface area contributed by atoms with E-state index in [1.54, 1.807) is 6.07 Å². The summed E-state index contributed by atoms with van der Waals surface area (Å²) in [4.78, 5) is 33.7. The minimum absolute atomic E-state index is 0.0201. The minimum Gasteiger partial charge on any atom is -0.329 e. The van der Waals surface area contributed by atoms with Crippen LogP contribution in [0.25, 0.3) is 0 Å². The number of nitro benzene ring substituents is 1. The summed E-state index contributed by atoms with van der Waals surface area (Å²) in [6, 6.07) is 5.38. The molecule has 1 fully saturated rings. The molecule has 2 rings (SSSR count). The number of benzene rings is 1. The predicted octanol–water partition coefficient (Wildman–Crippen LogP) is 0.647. The standard InChI is InChI=1S/C10H9N3O4/c14-9-5-11-10(15)12(9)6-7-2-1-3-8(4-7)13(16)17/h1-4H,5-6H2,(H,11,15). The maximum absolute atomic E-state index is 11.3. The Kier molecular flexibility index (Phi) is 2.73. The van der Waals surface area contributed by atoms with E-state index in [1.165, 1.54) is 18.2 Å².